The molecule has 2 aliphatic rings. The fourth-order valence-electron chi connectivity index (χ4n) is 4.26. The number of carbonyl (C=O) groups excluding carboxylic acids is 2. The second-order valence-electron chi connectivity index (χ2n) is 8.15. The number of nitrogens with zero attached hydrogens (tertiary/aromatic N) is 3. The van der Waals surface area contributed by atoms with E-state index in [4.69, 9.17) is 5.73 Å². The Labute approximate surface area is 160 Å². The summed E-state index contributed by atoms with van der Waals surface area (Å²) in [5.41, 5.74) is 5.90. The molecule has 0 aromatic carbocycles. The minimum absolute atomic E-state index is 0.0183. The molecule has 1 saturated carbocycles. The van der Waals surface area contributed by atoms with E-state index in [9.17, 15) is 9.59 Å². The fraction of sp³-hybridized carbons (Fsp3) is 0.684. The van der Waals surface area contributed by atoms with Gasteiger partial charge in [-0.25, -0.2) is 9.97 Å². The lowest BCUT2D eigenvalue weighted by Gasteiger charge is -2.35. The molecule has 1 aromatic heterocycles. The lowest BCUT2D eigenvalue weighted by molar-refractivity contribution is -0.137. The van der Waals surface area contributed by atoms with E-state index in [2.05, 4.69) is 39.3 Å². The Morgan fingerprint density at radius 1 is 1.04 bits per heavy atom. The van der Waals surface area contributed by atoms with Crippen molar-refractivity contribution < 1.29 is 9.59 Å². The second-order valence-corrected chi connectivity index (χ2v) is 8.15. The SMILES string of the molecule is CC1CC(C)CN(c2ncc(NC3CCC(NC(=O)C(N)=O)CC3)cn2)C1. The molecule has 0 radical (unpaired) electrons. The number of hydrogen-bond donors (Lipinski definition) is 3. The summed E-state index contributed by atoms with van der Waals surface area (Å²) in [5.74, 6) is 0.513. The molecule has 0 spiro atoms. The molecule has 8 nitrogen and oxygen atoms in total. The number of nitrogens with two attached hydrogens (primary N) is 1. The van der Waals surface area contributed by atoms with Crippen molar-refractivity contribution in [2.75, 3.05) is 23.3 Å². The van der Waals surface area contributed by atoms with Gasteiger partial charge < -0.3 is 21.3 Å². The standard InChI is InChI=1S/C19H30N6O2/c1-12-7-13(2)11-25(10-12)19-21-8-16(9-22-19)23-14-3-5-15(6-4-14)24-18(27)17(20)26/h8-9,12-15,23H,3-7,10-11H2,1-2H3,(H2,20,26)(H,24,27). The van der Waals surface area contributed by atoms with Crippen LogP contribution in [0.3, 0.4) is 0 Å². The smallest absolute Gasteiger partial charge is 0.309 e. The van der Waals surface area contributed by atoms with Crippen molar-refractivity contribution in [1.29, 1.82) is 0 Å². The minimum Gasteiger partial charge on any atom is -0.380 e. The lowest BCUT2D eigenvalue weighted by atomic mass is 9.91. The number of rotatable bonds is 4. The first kappa shape index (κ1) is 19.4. The molecule has 148 valence electrons. The average molecular weight is 374 g/mol. The lowest BCUT2D eigenvalue weighted by Crippen LogP contribution is -2.45. The predicted octanol–water partition coefficient (Wildman–Crippen LogP) is 1.28. The van der Waals surface area contributed by atoms with E-state index in [0.717, 1.165) is 50.4 Å². The van der Waals surface area contributed by atoms with Crippen molar-refractivity contribution in [2.24, 2.45) is 17.6 Å². The van der Waals surface area contributed by atoms with Gasteiger partial charge in [-0.3, -0.25) is 9.59 Å². The van der Waals surface area contributed by atoms with E-state index in [-0.39, 0.29) is 6.04 Å². The third-order valence-corrected chi connectivity index (χ3v) is 5.45. The van der Waals surface area contributed by atoms with Crippen LogP contribution in [0.25, 0.3) is 0 Å². The minimum atomic E-state index is -0.926. The number of anilines is 2. The van der Waals surface area contributed by atoms with Gasteiger partial charge in [0.1, 0.15) is 0 Å². The summed E-state index contributed by atoms with van der Waals surface area (Å²) in [7, 11) is 0. The Morgan fingerprint density at radius 2 is 1.59 bits per heavy atom. The van der Waals surface area contributed by atoms with Crippen LogP contribution >= 0.6 is 0 Å². The van der Waals surface area contributed by atoms with Crippen LogP contribution in [0, 0.1) is 11.8 Å². The van der Waals surface area contributed by atoms with Crippen LogP contribution in [0.15, 0.2) is 12.4 Å². The van der Waals surface area contributed by atoms with E-state index >= 15 is 0 Å². The molecule has 4 N–H and O–H groups in total. The van der Waals surface area contributed by atoms with Gasteiger partial charge in [-0.1, -0.05) is 13.8 Å². The van der Waals surface area contributed by atoms with Gasteiger partial charge in [0.25, 0.3) is 0 Å². The number of amides is 2. The molecule has 2 amide bonds. The summed E-state index contributed by atoms with van der Waals surface area (Å²) in [6.45, 7) is 6.58. The topological polar surface area (TPSA) is 113 Å². The number of aromatic nitrogens is 2. The Kier molecular flexibility index (Phi) is 6.13. The molecule has 1 aromatic rings. The molecule has 1 aliphatic heterocycles. The normalized spacial score (nSPS) is 28.4. The monoisotopic (exact) mass is 374 g/mol. The summed E-state index contributed by atoms with van der Waals surface area (Å²) in [6, 6.07) is 0.334. The van der Waals surface area contributed by atoms with Crippen molar-refractivity contribution in [2.45, 2.75) is 58.0 Å². The molecule has 2 fully saturated rings. The zero-order valence-electron chi connectivity index (χ0n) is 16.1. The maximum absolute atomic E-state index is 11.4. The third-order valence-electron chi connectivity index (χ3n) is 5.45. The Morgan fingerprint density at radius 3 is 2.15 bits per heavy atom. The van der Waals surface area contributed by atoms with Gasteiger partial charge >= 0.3 is 11.8 Å². The van der Waals surface area contributed by atoms with Crippen LogP contribution < -0.4 is 21.3 Å². The molecule has 0 bridgehead atoms. The van der Waals surface area contributed by atoms with E-state index in [0.29, 0.717) is 17.9 Å². The van der Waals surface area contributed by atoms with Gasteiger partial charge in [-0.2, -0.15) is 0 Å². The summed E-state index contributed by atoms with van der Waals surface area (Å²) in [4.78, 5) is 33.6. The summed E-state index contributed by atoms with van der Waals surface area (Å²) in [5, 5.41) is 6.16. The molecule has 27 heavy (non-hydrogen) atoms. The van der Waals surface area contributed by atoms with Crippen molar-refractivity contribution in [3.8, 4) is 0 Å². The first-order chi connectivity index (χ1) is 12.9. The molecule has 3 rings (SSSR count). The highest BCUT2D eigenvalue weighted by Gasteiger charge is 2.25. The largest absolute Gasteiger partial charge is 0.380 e. The van der Waals surface area contributed by atoms with E-state index in [1.165, 1.54) is 6.42 Å². The quantitative estimate of drug-likeness (QED) is 0.684. The van der Waals surface area contributed by atoms with Gasteiger partial charge in [0, 0.05) is 25.2 Å². The first-order valence-electron chi connectivity index (χ1n) is 9.84. The molecular formula is C19H30N6O2. The van der Waals surface area contributed by atoms with Crippen molar-refractivity contribution >= 4 is 23.5 Å². The van der Waals surface area contributed by atoms with Crippen molar-refractivity contribution in [3.63, 3.8) is 0 Å². The highest BCUT2D eigenvalue weighted by molar-refractivity contribution is 6.34. The second kappa shape index (κ2) is 8.54. The summed E-state index contributed by atoms with van der Waals surface area (Å²) >= 11 is 0. The van der Waals surface area contributed by atoms with E-state index < -0.39 is 11.8 Å². The number of piperidine rings is 1. The molecular weight excluding hydrogens is 344 g/mol. The molecule has 2 atom stereocenters. The highest BCUT2D eigenvalue weighted by atomic mass is 16.2. The van der Waals surface area contributed by atoms with Crippen LogP contribution in [-0.2, 0) is 9.59 Å². The van der Waals surface area contributed by atoms with Crippen molar-refractivity contribution in [1.82, 2.24) is 15.3 Å². The van der Waals surface area contributed by atoms with Crippen LogP contribution in [0.2, 0.25) is 0 Å². The average Bonchev–Trinajstić information content (AvgIpc) is 2.63. The van der Waals surface area contributed by atoms with Crippen LogP contribution in [0.4, 0.5) is 11.6 Å². The number of carbonyl (C=O) groups is 2. The highest BCUT2D eigenvalue weighted by Crippen LogP contribution is 2.25. The third kappa shape index (κ3) is 5.30. The van der Waals surface area contributed by atoms with E-state index in [1.54, 1.807) is 0 Å². The molecule has 2 unspecified atom stereocenters. The van der Waals surface area contributed by atoms with Gasteiger partial charge in [0.05, 0.1) is 18.1 Å². The zero-order chi connectivity index (χ0) is 19.4. The molecule has 1 aliphatic carbocycles. The summed E-state index contributed by atoms with van der Waals surface area (Å²) < 4.78 is 0. The predicted molar refractivity (Wildman–Crippen MR) is 104 cm³/mol. The number of nitrogens with one attached hydrogen (secondary N) is 2. The van der Waals surface area contributed by atoms with Gasteiger partial charge in [0.15, 0.2) is 0 Å². The maximum Gasteiger partial charge on any atom is 0.309 e. The van der Waals surface area contributed by atoms with Gasteiger partial charge in [-0.05, 0) is 43.9 Å². The fourth-order valence-corrected chi connectivity index (χ4v) is 4.26. The van der Waals surface area contributed by atoms with Crippen LogP contribution in [-0.4, -0.2) is 47.0 Å². The number of hydrogen-bond acceptors (Lipinski definition) is 6. The zero-order valence-corrected chi connectivity index (χ0v) is 16.1. The molecule has 1 saturated heterocycles. The Bertz CT molecular complexity index is 647. The molecule has 8 heteroatoms. The molecule has 2 heterocycles. The maximum atomic E-state index is 11.4. The summed E-state index contributed by atoms with van der Waals surface area (Å²) in [6.07, 6.45) is 8.43. The van der Waals surface area contributed by atoms with Crippen LogP contribution in [0.1, 0.15) is 46.0 Å². The van der Waals surface area contributed by atoms with Gasteiger partial charge in [0.2, 0.25) is 5.95 Å². The van der Waals surface area contributed by atoms with E-state index in [1.807, 2.05) is 12.4 Å². The Hall–Kier alpha value is -2.38. The van der Waals surface area contributed by atoms with Crippen LogP contribution in [0.5, 0.6) is 0 Å². The van der Waals surface area contributed by atoms with Crippen molar-refractivity contribution in [3.05, 3.63) is 12.4 Å². The van der Waals surface area contributed by atoms with Gasteiger partial charge in [-0.15, -0.1) is 0 Å². The Balaban J connectivity index is 1.48. The first-order valence-corrected chi connectivity index (χ1v) is 9.84. The number of primary amides is 1.